The minimum absolute atomic E-state index is 0.136. The van der Waals surface area contributed by atoms with Gasteiger partial charge in [-0.3, -0.25) is 9.97 Å². The molecule has 2 heteroatoms. The summed E-state index contributed by atoms with van der Waals surface area (Å²) in [6.07, 6.45) is 3.64. The lowest BCUT2D eigenvalue weighted by molar-refractivity contribution is 0.595. The molecule has 15 heavy (non-hydrogen) atoms. The normalized spacial score (nSPS) is 11.3. The lowest BCUT2D eigenvalue weighted by Gasteiger charge is -2.23. The zero-order chi connectivity index (χ0) is 10.7. The van der Waals surface area contributed by atoms with Gasteiger partial charge in [-0.15, -0.1) is 0 Å². The van der Waals surface area contributed by atoms with Gasteiger partial charge in [0.2, 0.25) is 0 Å². The number of rotatable bonds is 2. The van der Waals surface area contributed by atoms with Gasteiger partial charge in [-0.05, 0) is 38.1 Å². The number of nitrogens with zero attached hydrogens (tertiary/aromatic N) is 2. The van der Waals surface area contributed by atoms with Gasteiger partial charge in [0.15, 0.2) is 0 Å². The number of pyridine rings is 2. The van der Waals surface area contributed by atoms with Crippen LogP contribution in [0.3, 0.4) is 0 Å². The van der Waals surface area contributed by atoms with Crippen molar-refractivity contribution < 1.29 is 0 Å². The number of aromatic nitrogens is 2. The molecule has 0 saturated carbocycles. The molecule has 0 unspecified atom stereocenters. The minimum atomic E-state index is -0.136. The molecular weight excluding hydrogens is 184 g/mol. The van der Waals surface area contributed by atoms with E-state index in [4.69, 9.17) is 0 Å². The molecule has 2 rings (SSSR count). The highest BCUT2D eigenvalue weighted by molar-refractivity contribution is 5.28. The van der Waals surface area contributed by atoms with Crippen molar-refractivity contribution in [3.8, 4) is 0 Å². The summed E-state index contributed by atoms with van der Waals surface area (Å²) < 4.78 is 0. The van der Waals surface area contributed by atoms with E-state index in [1.807, 2.05) is 48.8 Å². The van der Waals surface area contributed by atoms with E-state index in [1.165, 1.54) is 0 Å². The van der Waals surface area contributed by atoms with Crippen LogP contribution in [0.2, 0.25) is 0 Å². The molecule has 0 aliphatic heterocycles. The van der Waals surface area contributed by atoms with Crippen molar-refractivity contribution in [2.24, 2.45) is 0 Å². The second-order valence-corrected chi connectivity index (χ2v) is 4.05. The van der Waals surface area contributed by atoms with Crippen LogP contribution in [-0.2, 0) is 5.41 Å². The Bertz CT molecular complexity index is 379. The molecule has 0 aliphatic rings. The topological polar surface area (TPSA) is 25.8 Å². The van der Waals surface area contributed by atoms with Crippen LogP contribution >= 0.6 is 0 Å². The smallest absolute Gasteiger partial charge is 0.0519 e. The zero-order valence-corrected chi connectivity index (χ0v) is 9.01. The second-order valence-electron chi connectivity index (χ2n) is 4.05. The maximum absolute atomic E-state index is 4.39. The first-order valence-corrected chi connectivity index (χ1v) is 5.04. The summed E-state index contributed by atoms with van der Waals surface area (Å²) in [6.45, 7) is 4.27. The Morgan fingerprint density at radius 1 is 0.800 bits per heavy atom. The molecular formula is C13H14N2. The van der Waals surface area contributed by atoms with Crippen LogP contribution in [0.25, 0.3) is 0 Å². The predicted molar refractivity (Wildman–Crippen MR) is 60.6 cm³/mol. The van der Waals surface area contributed by atoms with E-state index in [0.717, 1.165) is 11.4 Å². The largest absolute Gasteiger partial charge is 0.260 e. The summed E-state index contributed by atoms with van der Waals surface area (Å²) in [4.78, 5) is 8.77. The molecule has 0 bridgehead atoms. The van der Waals surface area contributed by atoms with Crippen LogP contribution in [0.15, 0.2) is 48.8 Å². The molecule has 0 atom stereocenters. The molecule has 2 heterocycles. The highest BCUT2D eigenvalue weighted by atomic mass is 14.8. The van der Waals surface area contributed by atoms with E-state index in [2.05, 4.69) is 23.8 Å². The molecule has 0 radical (unpaired) electrons. The van der Waals surface area contributed by atoms with Crippen LogP contribution in [0.5, 0.6) is 0 Å². The molecule has 0 fully saturated rings. The third-order valence-electron chi connectivity index (χ3n) is 2.61. The summed E-state index contributed by atoms with van der Waals surface area (Å²) in [5.74, 6) is 0. The van der Waals surface area contributed by atoms with Crippen molar-refractivity contribution in [1.29, 1.82) is 0 Å². The summed E-state index contributed by atoms with van der Waals surface area (Å²) in [5, 5.41) is 0. The average Bonchev–Trinajstić information content (AvgIpc) is 2.31. The first-order chi connectivity index (χ1) is 7.21. The Balaban J connectivity index is 2.44. The lowest BCUT2D eigenvalue weighted by Crippen LogP contribution is -2.21. The molecule has 0 amide bonds. The maximum Gasteiger partial charge on any atom is 0.0519 e. The van der Waals surface area contributed by atoms with E-state index in [9.17, 15) is 0 Å². The lowest BCUT2D eigenvalue weighted by atomic mass is 9.85. The van der Waals surface area contributed by atoms with Crippen LogP contribution < -0.4 is 0 Å². The third-order valence-corrected chi connectivity index (χ3v) is 2.61. The molecule has 0 saturated heterocycles. The maximum atomic E-state index is 4.39. The molecule has 76 valence electrons. The van der Waals surface area contributed by atoms with Gasteiger partial charge in [0.05, 0.1) is 11.4 Å². The first kappa shape index (κ1) is 9.84. The van der Waals surface area contributed by atoms with Crippen LogP contribution in [0.1, 0.15) is 25.2 Å². The van der Waals surface area contributed by atoms with E-state index < -0.39 is 0 Å². The Morgan fingerprint density at radius 2 is 1.27 bits per heavy atom. The molecule has 2 aromatic heterocycles. The first-order valence-electron chi connectivity index (χ1n) is 5.04. The van der Waals surface area contributed by atoms with E-state index in [1.54, 1.807) is 0 Å². The van der Waals surface area contributed by atoms with Crippen molar-refractivity contribution in [1.82, 2.24) is 9.97 Å². The van der Waals surface area contributed by atoms with E-state index >= 15 is 0 Å². The van der Waals surface area contributed by atoms with Crippen molar-refractivity contribution in [2.45, 2.75) is 19.3 Å². The molecule has 2 nitrogen and oxygen atoms in total. The Hall–Kier alpha value is -1.70. The summed E-state index contributed by atoms with van der Waals surface area (Å²) in [7, 11) is 0. The Labute approximate surface area is 90.0 Å². The van der Waals surface area contributed by atoms with Gasteiger partial charge in [-0.2, -0.15) is 0 Å². The molecule has 0 spiro atoms. The van der Waals surface area contributed by atoms with Crippen LogP contribution in [0.4, 0.5) is 0 Å². The standard InChI is InChI=1S/C13H14N2/c1-13(2,11-7-3-5-9-14-11)12-8-4-6-10-15-12/h3-10H,1-2H3. The van der Waals surface area contributed by atoms with E-state index in [0.29, 0.717) is 0 Å². The monoisotopic (exact) mass is 198 g/mol. The molecule has 0 aromatic carbocycles. The van der Waals surface area contributed by atoms with Gasteiger partial charge < -0.3 is 0 Å². The quantitative estimate of drug-likeness (QED) is 0.741. The zero-order valence-electron chi connectivity index (χ0n) is 9.01. The number of hydrogen-bond acceptors (Lipinski definition) is 2. The van der Waals surface area contributed by atoms with Gasteiger partial charge in [-0.1, -0.05) is 12.1 Å². The fourth-order valence-corrected chi connectivity index (χ4v) is 1.60. The summed E-state index contributed by atoms with van der Waals surface area (Å²) in [6, 6.07) is 11.9. The molecule has 0 N–H and O–H groups in total. The average molecular weight is 198 g/mol. The van der Waals surface area contributed by atoms with Gasteiger partial charge in [0.1, 0.15) is 0 Å². The second kappa shape index (κ2) is 3.81. The Morgan fingerprint density at radius 3 is 1.60 bits per heavy atom. The number of hydrogen-bond donors (Lipinski definition) is 0. The van der Waals surface area contributed by atoms with Crippen molar-refractivity contribution >= 4 is 0 Å². The molecule has 2 aromatic rings. The fourth-order valence-electron chi connectivity index (χ4n) is 1.60. The summed E-state index contributed by atoms with van der Waals surface area (Å²) >= 11 is 0. The Kier molecular flexibility index (Phi) is 2.50. The van der Waals surface area contributed by atoms with Crippen molar-refractivity contribution in [3.63, 3.8) is 0 Å². The summed E-state index contributed by atoms with van der Waals surface area (Å²) in [5.41, 5.74) is 1.95. The van der Waals surface area contributed by atoms with Gasteiger partial charge in [-0.25, -0.2) is 0 Å². The van der Waals surface area contributed by atoms with Gasteiger partial charge in [0, 0.05) is 17.8 Å². The predicted octanol–water partition coefficient (Wildman–Crippen LogP) is 2.80. The van der Waals surface area contributed by atoms with Crippen LogP contribution in [-0.4, -0.2) is 9.97 Å². The van der Waals surface area contributed by atoms with Crippen LogP contribution in [0, 0.1) is 0 Å². The fraction of sp³-hybridized carbons (Fsp3) is 0.231. The minimum Gasteiger partial charge on any atom is -0.260 e. The highest BCUT2D eigenvalue weighted by Crippen LogP contribution is 2.27. The van der Waals surface area contributed by atoms with E-state index in [-0.39, 0.29) is 5.41 Å². The van der Waals surface area contributed by atoms with Gasteiger partial charge >= 0.3 is 0 Å². The SMILES string of the molecule is CC(C)(c1ccccn1)c1ccccn1. The third kappa shape index (κ3) is 1.89. The van der Waals surface area contributed by atoms with Crippen molar-refractivity contribution in [2.75, 3.05) is 0 Å². The highest BCUT2D eigenvalue weighted by Gasteiger charge is 2.25. The van der Waals surface area contributed by atoms with Gasteiger partial charge in [0.25, 0.3) is 0 Å². The van der Waals surface area contributed by atoms with Crippen molar-refractivity contribution in [3.05, 3.63) is 60.2 Å². The molecule has 0 aliphatic carbocycles.